The fourth-order valence-corrected chi connectivity index (χ4v) is 4.15. The quantitative estimate of drug-likeness (QED) is 0.376. The highest BCUT2D eigenvalue weighted by Gasteiger charge is 2.25. The van der Waals surface area contributed by atoms with Gasteiger partial charge in [-0.05, 0) is 72.4 Å². The molecule has 0 spiro atoms. The zero-order valence-electron chi connectivity index (χ0n) is 18.4. The Balaban J connectivity index is 1.38. The number of nitriles is 1. The number of aromatic nitrogens is 5. The lowest BCUT2D eigenvalue weighted by Gasteiger charge is -2.11. The van der Waals surface area contributed by atoms with E-state index in [1.54, 1.807) is 24.5 Å². The first-order valence-electron chi connectivity index (χ1n) is 11.2. The maximum Gasteiger partial charge on any atom is 0.132 e. The van der Waals surface area contributed by atoms with Crippen molar-refractivity contribution >= 4 is 22.7 Å². The second-order valence-corrected chi connectivity index (χ2v) is 8.55. The molecular formula is C27H21N7. The van der Waals surface area contributed by atoms with Crippen LogP contribution in [0.5, 0.6) is 0 Å². The number of hydrogen-bond acceptors (Lipinski definition) is 6. The summed E-state index contributed by atoms with van der Waals surface area (Å²) in [5, 5.41) is 12.5. The molecule has 7 nitrogen and oxygen atoms in total. The second kappa shape index (κ2) is 8.41. The van der Waals surface area contributed by atoms with Gasteiger partial charge in [-0.25, -0.2) is 15.0 Å². The maximum absolute atomic E-state index is 9.20. The van der Waals surface area contributed by atoms with Crippen molar-refractivity contribution in [2.45, 2.75) is 25.3 Å². The molecule has 1 aliphatic rings. The van der Waals surface area contributed by atoms with Crippen LogP contribution in [-0.4, -0.2) is 24.5 Å². The van der Waals surface area contributed by atoms with Crippen LogP contribution >= 0.6 is 0 Å². The van der Waals surface area contributed by atoms with E-state index in [2.05, 4.69) is 61.2 Å². The molecule has 0 amide bonds. The Morgan fingerprint density at radius 2 is 1.94 bits per heavy atom. The Bertz CT molecular complexity index is 1530. The Morgan fingerprint density at radius 3 is 2.76 bits per heavy atom. The van der Waals surface area contributed by atoms with Gasteiger partial charge in [0.2, 0.25) is 0 Å². The summed E-state index contributed by atoms with van der Waals surface area (Å²) < 4.78 is 2.14. The number of benzene rings is 1. The van der Waals surface area contributed by atoms with Crippen LogP contribution in [0.25, 0.3) is 22.3 Å². The molecule has 1 saturated carbocycles. The van der Waals surface area contributed by atoms with Crippen molar-refractivity contribution in [2.75, 3.05) is 5.32 Å². The second-order valence-electron chi connectivity index (χ2n) is 8.55. The molecule has 1 N–H and O–H groups in total. The van der Waals surface area contributed by atoms with Crippen LogP contribution in [0.15, 0.2) is 79.5 Å². The van der Waals surface area contributed by atoms with Crippen LogP contribution in [0, 0.1) is 11.3 Å². The first-order valence-corrected chi connectivity index (χ1v) is 11.2. The van der Waals surface area contributed by atoms with Crippen LogP contribution in [0.1, 0.15) is 35.4 Å². The van der Waals surface area contributed by atoms with Crippen LogP contribution in [0.2, 0.25) is 0 Å². The summed E-state index contributed by atoms with van der Waals surface area (Å²) >= 11 is 0. The van der Waals surface area contributed by atoms with Gasteiger partial charge in [0.15, 0.2) is 0 Å². The predicted octanol–water partition coefficient (Wildman–Crippen LogP) is 5.43. The molecule has 0 atom stereocenters. The molecule has 0 bridgehead atoms. The third kappa shape index (κ3) is 4.09. The van der Waals surface area contributed by atoms with Gasteiger partial charge < -0.3 is 9.88 Å². The molecule has 1 fully saturated rings. The SMILES string of the molecule is N#Cc1ccnc(Nc2cc(C3CC3)cc(-c3ccc4ncn(Cc5cccnc5)c4c3)n2)c1. The fourth-order valence-electron chi connectivity index (χ4n) is 4.15. The van der Waals surface area contributed by atoms with E-state index in [-0.39, 0.29) is 0 Å². The van der Waals surface area contributed by atoms with E-state index in [4.69, 9.17) is 4.98 Å². The number of fused-ring (bicyclic) bond motifs is 1. The molecule has 4 heterocycles. The van der Waals surface area contributed by atoms with Crippen molar-refractivity contribution in [3.05, 3.63) is 96.2 Å². The minimum Gasteiger partial charge on any atom is -0.326 e. The molecule has 7 heteroatoms. The highest BCUT2D eigenvalue weighted by molar-refractivity contribution is 5.82. The first-order chi connectivity index (χ1) is 16.7. The summed E-state index contributed by atoms with van der Waals surface area (Å²) in [5.41, 5.74) is 6.89. The van der Waals surface area contributed by atoms with Gasteiger partial charge in [0.25, 0.3) is 0 Å². The molecule has 0 aliphatic heterocycles. The van der Waals surface area contributed by atoms with Crippen molar-refractivity contribution < 1.29 is 0 Å². The molecule has 0 saturated heterocycles. The monoisotopic (exact) mass is 443 g/mol. The average Bonchev–Trinajstić information content (AvgIpc) is 3.66. The minimum atomic E-state index is 0.559. The highest BCUT2D eigenvalue weighted by Crippen LogP contribution is 2.42. The Kier molecular flexibility index (Phi) is 4.96. The zero-order chi connectivity index (χ0) is 22.9. The van der Waals surface area contributed by atoms with E-state index in [0.29, 0.717) is 23.8 Å². The van der Waals surface area contributed by atoms with E-state index in [1.807, 2.05) is 24.7 Å². The van der Waals surface area contributed by atoms with Gasteiger partial charge in [-0.2, -0.15) is 5.26 Å². The van der Waals surface area contributed by atoms with Crippen LogP contribution in [0.3, 0.4) is 0 Å². The molecule has 0 unspecified atom stereocenters. The summed E-state index contributed by atoms with van der Waals surface area (Å²) in [6, 6.07) is 20.1. The number of pyridine rings is 3. The lowest BCUT2D eigenvalue weighted by Crippen LogP contribution is -2.00. The van der Waals surface area contributed by atoms with Gasteiger partial charge >= 0.3 is 0 Å². The number of imidazole rings is 1. The van der Waals surface area contributed by atoms with E-state index < -0.39 is 0 Å². The first kappa shape index (κ1) is 20.1. The van der Waals surface area contributed by atoms with Gasteiger partial charge in [-0.15, -0.1) is 0 Å². The molecule has 1 aliphatic carbocycles. The minimum absolute atomic E-state index is 0.559. The van der Waals surface area contributed by atoms with Gasteiger partial charge in [0.05, 0.1) is 41.2 Å². The van der Waals surface area contributed by atoms with Crippen molar-refractivity contribution in [2.24, 2.45) is 0 Å². The van der Waals surface area contributed by atoms with Gasteiger partial charge in [0, 0.05) is 24.2 Å². The summed E-state index contributed by atoms with van der Waals surface area (Å²) in [5.74, 6) is 1.90. The topological polar surface area (TPSA) is 92.3 Å². The molecular weight excluding hydrogens is 422 g/mol. The zero-order valence-corrected chi connectivity index (χ0v) is 18.4. The number of rotatable bonds is 6. The third-order valence-electron chi connectivity index (χ3n) is 6.03. The van der Waals surface area contributed by atoms with Crippen molar-refractivity contribution in [3.63, 3.8) is 0 Å². The Morgan fingerprint density at radius 1 is 1.00 bits per heavy atom. The normalized spacial score (nSPS) is 13.0. The number of nitrogens with one attached hydrogen (secondary N) is 1. The lowest BCUT2D eigenvalue weighted by atomic mass is 10.1. The van der Waals surface area contributed by atoms with Crippen LogP contribution in [0.4, 0.5) is 11.6 Å². The third-order valence-corrected chi connectivity index (χ3v) is 6.03. The summed E-state index contributed by atoms with van der Waals surface area (Å²) in [6.45, 7) is 0.705. The predicted molar refractivity (Wildman–Crippen MR) is 131 cm³/mol. The average molecular weight is 444 g/mol. The lowest BCUT2D eigenvalue weighted by molar-refractivity contribution is 0.820. The van der Waals surface area contributed by atoms with Gasteiger partial charge in [-0.1, -0.05) is 12.1 Å². The van der Waals surface area contributed by atoms with E-state index >= 15 is 0 Å². The fraction of sp³-hybridized carbons (Fsp3) is 0.148. The molecule has 34 heavy (non-hydrogen) atoms. The molecule has 4 aromatic heterocycles. The van der Waals surface area contributed by atoms with Crippen molar-refractivity contribution in [1.82, 2.24) is 24.5 Å². The standard InChI is InChI=1S/C27H21N7/c28-14-18-7-9-30-26(10-18)33-27-13-22(20-3-4-20)11-24(32-27)21-5-6-23-25(12-21)34(17-31-23)16-19-2-1-8-29-15-19/h1-2,5-13,15,17,20H,3-4,16H2,(H,30,32,33). The summed E-state index contributed by atoms with van der Waals surface area (Å²) in [7, 11) is 0. The number of hydrogen-bond donors (Lipinski definition) is 1. The van der Waals surface area contributed by atoms with E-state index in [9.17, 15) is 5.26 Å². The van der Waals surface area contributed by atoms with Gasteiger partial charge in [0.1, 0.15) is 11.6 Å². The molecule has 6 rings (SSSR count). The summed E-state index contributed by atoms with van der Waals surface area (Å²) in [4.78, 5) is 18.0. The smallest absolute Gasteiger partial charge is 0.132 e. The number of anilines is 2. The maximum atomic E-state index is 9.20. The Labute approximate surface area is 196 Å². The largest absolute Gasteiger partial charge is 0.326 e. The molecule has 164 valence electrons. The highest BCUT2D eigenvalue weighted by atomic mass is 15.1. The van der Waals surface area contributed by atoms with Crippen molar-refractivity contribution in [1.29, 1.82) is 5.26 Å². The molecule has 0 radical (unpaired) electrons. The van der Waals surface area contributed by atoms with Crippen LogP contribution in [-0.2, 0) is 6.54 Å². The number of nitrogens with zero attached hydrogens (tertiary/aromatic N) is 6. The summed E-state index contributed by atoms with van der Waals surface area (Å²) in [6.07, 6.45) is 9.55. The van der Waals surface area contributed by atoms with E-state index in [0.717, 1.165) is 33.7 Å². The van der Waals surface area contributed by atoms with E-state index in [1.165, 1.54) is 18.4 Å². The van der Waals surface area contributed by atoms with Crippen LogP contribution < -0.4 is 5.32 Å². The molecule has 5 aromatic rings. The molecule has 1 aromatic carbocycles. The Hall–Kier alpha value is -4.57. The van der Waals surface area contributed by atoms with Gasteiger partial charge in [-0.3, -0.25) is 4.98 Å². The van der Waals surface area contributed by atoms with Crippen molar-refractivity contribution in [3.8, 4) is 17.3 Å².